The molecule has 2 fully saturated rings. The highest BCUT2D eigenvalue weighted by Crippen LogP contribution is 2.41. The van der Waals surface area contributed by atoms with Gasteiger partial charge in [0.1, 0.15) is 12.4 Å². The van der Waals surface area contributed by atoms with Crippen LogP contribution in [-0.2, 0) is 27.8 Å². The van der Waals surface area contributed by atoms with Gasteiger partial charge in [-0.1, -0.05) is 29.8 Å². The van der Waals surface area contributed by atoms with Crippen LogP contribution in [0.4, 0.5) is 5.69 Å². The maximum Gasteiger partial charge on any atom is 0.264 e. The lowest BCUT2D eigenvalue weighted by atomic mass is 9.70. The third kappa shape index (κ3) is 7.27. The summed E-state index contributed by atoms with van der Waals surface area (Å²) >= 11 is 6.32. The lowest BCUT2D eigenvalue weighted by molar-refractivity contribution is 0.0461. The number of amides is 1. The van der Waals surface area contributed by atoms with Crippen LogP contribution in [-0.4, -0.2) is 56.6 Å². The Kier molecular flexibility index (Phi) is 9.86. The smallest absolute Gasteiger partial charge is 0.264 e. The summed E-state index contributed by atoms with van der Waals surface area (Å²) in [4.78, 5) is 15.8. The van der Waals surface area contributed by atoms with Crippen molar-refractivity contribution in [2.75, 3.05) is 24.6 Å². The van der Waals surface area contributed by atoms with Gasteiger partial charge in [0, 0.05) is 30.3 Å². The van der Waals surface area contributed by atoms with Gasteiger partial charge in [0.2, 0.25) is 10.0 Å². The van der Waals surface area contributed by atoms with E-state index >= 15 is 0 Å². The Balaban J connectivity index is 1.35. The quantitative estimate of drug-likeness (QED) is 0.399. The van der Waals surface area contributed by atoms with Crippen molar-refractivity contribution in [3.63, 3.8) is 0 Å². The van der Waals surface area contributed by atoms with Gasteiger partial charge in [-0.25, -0.2) is 13.1 Å². The minimum absolute atomic E-state index is 0.131. The number of allylic oxidation sites excluding steroid dienone is 1. The van der Waals surface area contributed by atoms with Crippen LogP contribution in [0.2, 0.25) is 5.02 Å². The van der Waals surface area contributed by atoms with Crippen LogP contribution in [0.5, 0.6) is 5.75 Å². The average molecular weight is 643 g/mol. The predicted molar refractivity (Wildman–Crippen MR) is 172 cm³/mol. The summed E-state index contributed by atoms with van der Waals surface area (Å²) in [6.07, 6.45) is 10.7. The third-order valence-electron chi connectivity index (χ3n) is 9.82. The van der Waals surface area contributed by atoms with Crippen molar-refractivity contribution >= 4 is 33.2 Å². The van der Waals surface area contributed by atoms with Gasteiger partial charge in [0.25, 0.3) is 5.91 Å². The van der Waals surface area contributed by atoms with E-state index in [0.29, 0.717) is 49.2 Å². The predicted octanol–water partition coefficient (Wildman–Crippen LogP) is 5.80. The van der Waals surface area contributed by atoms with Crippen molar-refractivity contribution in [2.24, 2.45) is 11.8 Å². The fourth-order valence-corrected chi connectivity index (χ4v) is 8.74. The van der Waals surface area contributed by atoms with E-state index in [-0.39, 0.29) is 17.6 Å². The number of aryl methyl sites for hydroxylation is 1. The third-order valence-corrected chi connectivity index (χ3v) is 11.8. The number of carbonyl (C=O) groups excluding carboxylic acids is 1. The summed E-state index contributed by atoms with van der Waals surface area (Å²) < 4.78 is 41.8. The number of carbonyl (C=O) groups is 1. The number of aliphatic hydroxyl groups excluding tert-OH is 1. The van der Waals surface area contributed by atoms with Gasteiger partial charge in [-0.05, 0) is 118 Å². The standard InChI is InChI=1S/C34H43ClN2O6S/c35-27-13-10-26-22-43-33-15-12-24-19-31(33)37(16-4-3-6-23(26)18-27)21-25-11-14-30(25)32(38)9-2-1-8-29(20-28-7-5-17-42-28)44(40,41)36-34(24)39/h2,9-10,12-13,15,18-19,25,28-30,32,38H,1,3-8,11,14,16-17,20-22H2,(H,36,39)/b9-2+/t25-,28-,29+,30+,32-/m0/s1. The van der Waals surface area contributed by atoms with E-state index < -0.39 is 27.3 Å². The van der Waals surface area contributed by atoms with Gasteiger partial charge < -0.3 is 19.5 Å². The van der Waals surface area contributed by atoms with Crippen LogP contribution < -0.4 is 14.4 Å². The Bertz CT molecular complexity index is 1470. The lowest BCUT2D eigenvalue weighted by Gasteiger charge is -2.42. The Hall–Kier alpha value is -2.59. The van der Waals surface area contributed by atoms with Crippen LogP contribution in [0.15, 0.2) is 48.6 Å². The molecule has 2 aromatic carbocycles. The molecule has 0 spiro atoms. The first-order valence-electron chi connectivity index (χ1n) is 16.1. The molecule has 3 heterocycles. The number of aliphatic hydroxyl groups is 1. The summed E-state index contributed by atoms with van der Waals surface area (Å²) in [6, 6.07) is 11.1. The molecule has 2 bridgehead atoms. The van der Waals surface area contributed by atoms with E-state index in [9.17, 15) is 18.3 Å². The highest BCUT2D eigenvalue weighted by molar-refractivity contribution is 7.90. The van der Waals surface area contributed by atoms with E-state index in [4.69, 9.17) is 21.1 Å². The van der Waals surface area contributed by atoms with E-state index in [1.54, 1.807) is 18.2 Å². The number of ether oxygens (including phenoxy) is 2. The summed E-state index contributed by atoms with van der Waals surface area (Å²) in [7, 11) is -3.99. The Morgan fingerprint density at radius 2 is 1.91 bits per heavy atom. The van der Waals surface area contributed by atoms with Crippen LogP contribution in [0.3, 0.4) is 0 Å². The molecule has 1 saturated carbocycles. The SMILES string of the molecule is O=C1NS(=O)(=O)[C@@H](C[C@@H]2CCCO2)CC/C=C/[C@H](O)[C@@H]2CC[C@H]2CN2CCCCc3cc(Cl)ccc3COc3ccc1cc32. The largest absolute Gasteiger partial charge is 0.487 e. The molecule has 2 N–H and O–H groups in total. The van der Waals surface area contributed by atoms with Crippen molar-refractivity contribution in [1.82, 2.24) is 4.72 Å². The van der Waals surface area contributed by atoms with Crippen molar-refractivity contribution in [3.8, 4) is 5.75 Å². The molecule has 0 aromatic heterocycles. The first-order chi connectivity index (χ1) is 21.3. The van der Waals surface area contributed by atoms with Crippen molar-refractivity contribution < 1.29 is 27.8 Å². The minimum atomic E-state index is -3.99. The van der Waals surface area contributed by atoms with Gasteiger partial charge in [0.05, 0.1) is 23.1 Å². The lowest BCUT2D eigenvalue weighted by Crippen LogP contribution is -2.43. The number of sulfonamides is 1. The van der Waals surface area contributed by atoms with Gasteiger partial charge >= 0.3 is 0 Å². The number of nitrogens with one attached hydrogen (secondary N) is 1. The van der Waals surface area contributed by atoms with Gasteiger partial charge in [-0.2, -0.15) is 0 Å². The van der Waals surface area contributed by atoms with E-state index in [2.05, 4.69) is 9.62 Å². The number of nitrogens with zero attached hydrogens (tertiary/aromatic N) is 1. The first-order valence-corrected chi connectivity index (χ1v) is 18.0. The molecule has 44 heavy (non-hydrogen) atoms. The molecule has 5 atom stereocenters. The second-order valence-electron chi connectivity index (χ2n) is 12.8. The zero-order chi connectivity index (χ0) is 30.7. The summed E-state index contributed by atoms with van der Waals surface area (Å²) in [5, 5.41) is 11.0. The summed E-state index contributed by atoms with van der Waals surface area (Å²) in [5.41, 5.74) is 3.29. The number of fused-ring (bicyclic) bond motifs is 3. The number of hydrogen-bond acceptors (Lipinski definition) is 7. The molecule has 3 aliphatic heterocycles. The molecule has 10 heteroatoms. The molecule has 0 radical (unpaired) electrons. The second-order valence-corrected chi connectivity index (χ2v) is 15.2. The average Bonchev–Trinajstić information content (AvgIpc) is 3.49. The highest BCUT2D eigenvalue weighted by Gasteiger charge is 2.37. The first kappa shape index (κ1) is 31.4. The van der Waals surface area contributed by atoms with Crippen molar-refractivity contribution in [2.45, 2.75) is 88.3 Å². The van der Waals surface area contributed by atoms with Gasteiger partial charge in [-0.3, -0.25) is 4.79 Å². The van der Waals surface area contributed by atoms with Crippen LogP contribution in [0.25, 0.3) is 0 Å². The molecule has 0 unspecified atom stereocenters. The molecule has 4 aliphatic rings. The summed E-state index contributed by atoms with van der Waals surface area (Å²) in [5.74, 6) is 0.424. The van der Waals surface area contributed by atoms with Gasteiger partial charge in [-0.15, -0.1) is 0 Å². The van der Waals surface area contributed by atoms with E-state index in [1.807, 2.05) is 30.4 Å². The van der Waals surface area contributed by atoms with E-state index in [1.165, 1.54) is 5.56 Å². The number of anilines is 1. The Morgan fingerprint density at radius 3 is 2.70 bits per heavy atom. The van der Waals surface area contributed by atoms with Crippen LogP contribution in [0, 0.1) is 11.8 Å². The number of benzene rings is 2. The maximum atomic E-state index is 13.6. The fourth-order valence-electron chi connectivity index (χ4n) is 7.09. The Labute approximate surface area is 265 Å². The number of halogens is 1. The van der Waals surface area contributed by atoms with Crippen LogP contribution in [0.1, 0.15) is 79.3 Å². The highest BCUT2D eigenvalue weighted by atomic mass is 35.5. The fraction of sp³-hybridized carbons (Fsp3) is 0.559. The Morgan fingerprint density at radius 1 is 1.02 bits per heavy atom. The van der Waals surface area contributed by atoms with Crippen molar-refractivity contribution in [3.05, 3.63) is 70.3 Å². The molecule has 8 nitrogen and oxygen atoms in total. The number of hydrogen-bond donors (Lipinski definition) is 2. The zero-order valence-electron chi connectivity index (χ0n) is 25.1. The second kappa shape index (κ2) is 13.8. The molecule has 1 aliphatic carbocycles. The number of rotatable bonds is 2. The van der Waals surface area contributed by atoms with Crippen LogP contribution >= 0.6 is 11.6 Å². The maximum absolute atomic E-state index is 13.6. The topological polar surface area (TPSA) is 105 Å². The van der Waals surface area contributed by atoms with Gasteiger partial charge in [0.15, 0.2) is 0 Å². The zero-order valence-corrected chi connectivity index (χ0v) is 26.7. The van der Waals surface area contributed by atoms with E-state index in [0.717, 1.165) is 69.3 Å². The molecule has 6 rings (SSSR count). The normalized spacial score (nSPS) is 30.0. The molecule has 2 aromatic rings. The molecule has 238 valence electrons. The molecular weight excluding hydrogens is 600 g/mol. The monoisotopic (exact) mass is 642 g/mol. The molecule has 1 amide bonds. The minimum Gasteiger partial charge on any atom is -0.487 e. The molecule has 1 saturated heterocycles. The molecular formula is C34H43ClN2O6S. The summed E-state index contributed by atoms with van der Waals surface area (Å²) in [6.45, 7) is 2.45. The van der Waals surface area contributed by atoms with Crippen molar-refractivity contribution in [1.29, 1.82) is 0 Å².